The maximum absolute atomic E-state index is 14.0. The number of nitrogens with zero attached hydrogens (tertiary/aromatic N) is 5. The minimum atomic E-state index is -4.39. The minimum Gasteiger partial charge on any atom is -0.497 e. The highest BCUT2D eigenvalue weighted by Gasteiger charge is 2.44. The third-order valence-electron chi connectivity index (χ3n) is 12.3. The Kier molecular flexibility index (Phi) is 13.5. The van der Waals surface area contributed by atoms with E-state index in [2.05, 4.69) is 34.7 Å². The van der Waals surface area contributed by atoms with Crippen LogP contribution in [0.15, 0.2) is 138 Å². The van der Waals surface area contributed by atoms with Crippen LogP contribution < -0.4 is 35.5 Å². The van der Waals surface area contributed by atoms with E-state index in [9.17, 15) is 27.9 Å². The van der Waals surface area contributed by atoms with Crippen LogP contribution >= 0.6 is 0 Å². The van der Waals surface area contributed by atoms with Crippen LogP contribution in [0, 0.1) is 6.92 Å². The van der Waals surface area contributed by atoms with Crippen LogP contribution in [0.2, 0.25) is 0 Å². The summed E-state index contributed by atoms with van der Waals surface area (Å²) in [6, 6.07) is 32.0. The first-order chi connectivity index (χ1) is 33.3. The summed E-state index contributed by atoms with van der Waals surface area (Å²) in [6.45, 7) is 0.999. The van der Waals surface area contributed by atoms with Crippen LogP contribution in [0.5, 0.6) is 11.5 Å². The molecule has 6 atom stereocenters. The monoisotopic (exact) mass is 959 g/mol. The van der Waals surface area contributed by atoms with E-state index >= 15 is 0 Å². The Hall–Kier alpha value is -7.11. The summed E-state index contributed by atoms with van der Waals surface area (Å²) in [7, 11) is -1.24. The first-order valence-electron chi connectivity index (χ1n) is 22.0. The lowest BCUT2D eigenvalue weighted by Gasteiger charge is -2.37. The summed E-state index contributed by atoms with van der Waals surface area (Å²) < 4.78 is 66.9. The molecule has 0 bridgehead atoms. The molecule has 0 unspecified atom stereocenters. The summed E-state index contributed by atoms with van der Waals surface area (Å²) in [5.41, 5.74) is 0.882. The number of benzene rings is 4. The maximum atomic E-state index is 14.0. The Bertz CT molecular complexity index is 3110. The highest BCUT2D eigenvalue weighted by molar-refractivity contribution is 7.87. The highest BCUT2D eigenvalue weighted by atomic mass is 32.2. The van der Waals surface area contributed by atoms with Crippen LogP contribution in [0.1, 0.15) is 57.9 Å². The number of anilines is 1. The molecule has 358 valence electrons. The van der Waals surface area contributed by atoms with E-state index in [1.807, 2.05) is 78.9 Å². The van der Waals surface area contributed by atoms with Gasteiger partial charge in [-0.3, -0.25) is 23.7 Å². The van der Waals surface area contributed by atoms with Crippen molar-refractivity contribution in [1.82, 2.24) is 38.5 Å². The number of rotatable bonds is 17. The summed E-state index contributed by atoms with van der Waals surface area (Å²) in [5.74, 6) is 1.03. The second-order valence-electron chi connectivity index (χ2n) is 16.5. The van der Waals surface area contributed by atoms with E-state index in [1.54, 1.807) is 56.0 Å². The number of hydrogen-bond donors (Lipinski definition) is 5. The largest absolute Gasteiger partial charge is 0.497 e. The maximum Gasteiger partial charge on any atom is 0.330 e. The SMILES string of the molecule is COc1ccc(C(OC[C@H]2O[C@@H](n3cc(C)c(=O)[nH]c3=O)C[C@@H]2NS(=O)(=O)NC[C@H]2O[C@@H](n3cnc4c(NC(=O)c5ccccc5)ncnc43)C[C@@H]2O)(c2ccccc2)c2ccc(OC)cc2)cc1. The Balaban J connectivity index is 0.959. The molecule has 9 rings (SSSR count). The van der Waals surface area contributed by atoms with Crippen LogP contribution in [-0.2, 0) is 30.0 Å². The van der Waals surface area contributed by atoms with Gasteiger partial charge in [0.15, 0.2) is 17.0 Å². The van der Waals surface area contributed by atoms with E-state index in [1.165, 1.54) is 23.4 Å². The lowest BCUT2D eigenvalue weighted by Crippen LogP contribution is -2.50. The molecule has 2 fully saturated rings. The van der Waals surface area contributed by atoms with Crippen molar-refractivity contribution in [2.75, 3.05) is 32.7 Å². The predicted octanol–water partition coefficient (Wildman–Crippen LogP) is 3.69. The number of carbonyl (C=O) groups is 1. The van der Waals surface area contributed by atoms with Gasteiger partial charge in [0, 0.05) is 36.7 Å². The summed E-state index contributed by atoms with van der Waals surface area (Å²) in [6.07, 6.45) is -0.828. The average molecular weight is 960 g/mol. The predicted molar refractivity (Wildman–Crippen MR) is 251 cm³/mol. The van der Waals surface area contributed by atoms with Crippen LogP contribution in [0.4, 0.5) is 5.82 Å². The molecule has 0 spiro atoms. The molecule has 0 saturated carbocycles. The number of H-pyrrole nitrogens is 1. The van der Waals surface area contributed by atoms with Gasteiger partial charge in [0.2, 0.25) is 0 Å². The summed E-state index contributed by atoms with van der Waals surface area (Å²) >= 11 is 0. The van der Waals surface area contributed by atoms with Crippen molar-refractivity contribution < 1.29 is 42.0 Å². The molecule has 2 aliphatic rings. The van der Waals surface area contributed by atoms with Gasteiger partial charge in [-0.2, -0.15) is 17.9 Å². The second-order valence-corrected chi connectivity index (χ2v) is 18.1. The van der Waals surface area contributed by atoms with Gasteiger partial charge in [-0.1, -0.05) is 72.8 Å². The smallest absolute Gasteiger partial charge is 0.330 e. The number of fused-ring (bicyclic) bond motifs is 1. The number of imidazole rings is 1. The standard InChI is InChI=1S/C48H49N9O11S/c1-29-25-56(47(61)54-45(29)59)40-22-36(39(68-40)26-66-48(31-12-8-5-9-13-31,32-14-18-34(64-2)19-15-32)33-16-20-35(65-3)21-17-33)55-69(62,63)52-24-38-37(58)23-41(67-38)57-28-51-42-43(49-27-50-44(42)57)53-46(60)30-10-6-4-7-11-30/h4-21,25,27-28,36-41,52,55,58H,22-24,26H2,1-3H3,(H,54,59,61)(H,49,50,53,60)/t36-,37-,38+,39+,40+,41+/m0/s1. The molecule has 0 radical (unpaired) electrons. The van der Waals surface area contributed by atoms with Gasteiger partial charge in [0.05, 0.1) is 45.4 Å². The summed E-state index contributed by atoms with van der Waals surface area (Å²) in [5, 5.41) is 13.9. The molecule has 2 saturated heterocycles. The van der Waals surface area contributed by atoms with Gasteiger partial charge in [-0.05, 0) is 60.0 Å². The number of aromatic amines is 1. The number of hydrogen-bond acceptors (Lipinski definition) is 14. The number of aliphatic hydroxyl groups is 1. The molecule has 20 nitrogen and oxygen atoms in total. The molecule has 4 aromatic carbocycles. The molecule has 2 aliphatic heterocycles. The fraction of sp³-hybridized carbons (Fsp3) is 0.292. The van der Waals surface area contributed by atoms with Gasteiger partial charge < -0.3 is 34.1 Å². The third kappa shape index (κ3) is 9.79. The molecule has 3 aromatic heterocycles. The first kappa shape index (κ1) is 47.0. The Labute approximate surface area is 395 Å². The Morgan fingerprint density at radius 1 is 0.812 bits per heavy atom. The number of nitrogens with one attached hydrogen (secondary N) is 4. The zero-order chi connectivity index (χ0) is 48.3. The Morgan fingerprint density at radius 2 is 1.42 bits per heavy atom. The van der Waals surface area contributed by atoms with Gasteiger partial charge >= 0.3 is 5.69 Å². The van der Waals surface area contributed by atoms with E-state index in [0.717, 1.165) is 16.7 Å². The number of aryl methyl sites for hydroxylation is 1. The molecule has 5 heterocycles. The molecular formula is C48H49N9O11S. The van der Waals surface area contributed by atoms with E-state index < -0.39 is 63.9 Å². The van der Waals surface area contributed by atoms with Crippen molar-refractivity contribution in [2.24, 2.45) is 0 Å². The van der Waals surface area contributed by atoms with Gasteiger partial charge in [-0.15, -0.1) is 0 Å². The van der Waals surface area contributed by atoms with Crippen molar-refractivity contribution in [3.63, 3.8) is 0 Å². The molecule has 7 aromatic rings. The van der Waals surface area contributed by atoms with Crippen LogP contribution in [0.3, 0.4) is 0 Å². The van der Waals surface area contributed by atoms with E-state index in [4.69, 9.17) is 23.7 Å². The molecule has 0 aliphatic carbocycles. The summed E-state index contributed by atoms with van der Waals surface area (Å²) in [4.78, 5) is 53.7. The first-order valence-corrected chi connectivity index (χ1v) is 23.4. The molecule has 69 heavy (non-hydrogen) atoms. The van der Waals surface area contributed by atoms with Gasteiger partial charge in [-0.25, -0.2) is 19.7 Å². The second kappa shape index (κ2) is 19.9. The normalized spacial score (nSPS) is 20.5. The number of aliphatic hydroxyl groups excluding tert-OH is 1. The molecule has 1 amide bonds. The number of amides is 1. The molecular weight excluding hydrogens is 911 g/mol. The van der Waals surface area contributed by atoms with Gasteiger partial charge in [0.25, 0.3) is 21.7 Å². The lowest BCUT2D eigenvalue weighted by molar-refractivity contribution is -0.0804. The van der Waals surface area contributed by atoms with Crippen molar-refractivity contribution >= 4 is 33.1 Å². The lowest BCUT2D eigenvalue weighted by atomic mass is 9.80. The molecule has 5 N–H and O–H groups in total. The average Bonchev–Trinajstić information content (AvgIpc) is 4.09. The fourth-order valence-electron chi connectivity index (χ4n) is 8.69. The third-order valence-corrected chi connectivity index (χ3v) is 13.4. The van der Waals surface area contributed by atoms with Crippen LogP contribution in [-0.4, -0.2) is 100 Å². The highest BCUT2D eigenvalue weighted by Crippen LogP contribution is 2.43. The zero-order valence-electron chi connectivity index (χ0n) is 37.6. The number of ether oxygens (including phenoxy) is 5. The fourth-order valence-corrected chi connectivity index (χ4v) is 9.80. The van der Waals surface area contributed by atoms with Gasteiger partial charge in [0.1, 0.15) is 42.0 Å². The minimum absolute atomic E-state index is 0.0439. The van der Waals surface area contributed by atoms with Crippen LogP contribution in [0.25, 0.3) is 11.2 Å². The zero-order valence-corrected chi connectivity index (χ0v) is 38.4. The molecule has 21 heteroatoms. The number of aromatic nitrogens is 6. The number of carbonyl (C=O) groups excluding carboxylic acids is 1. The quantitative estimate of drug-likeness (QED) is 0.0817. The van der Waals surface area contributed by atoms with Crippen molar-refractivity contribution in [1.29, 1.82) is 0 Å². The number of methoxy groups -OCH3 is 2. The Morgan fingerprint density at radius 3 is 2.07 bits per heavy atom. The van der Waals surface area contributed by atoms with Crippen molar-refractivity contribution in [2.45, 2.75) is 62.2 Å². The topological polar surface area (TPSA) is 252 Å². The van der Waals surface area contributed by atoms with E-state index in [0.29, 0.717) is 22.7 Å². The van der Waals surface area contributed by atoms with Crippen molar-refractivity contribution in [3.05, 3.63) is 177 Å². The van der Waals surface area contributed by atoms with E-state index in [-0.39, 0.29) is 48.8 Å². The van der Waals surface area contributed by atoms with Crippen molar-refractivity contribution in [3.8, 4) is 11.5 Å².